The Morgan fingerprint density at radius 1 is 1.25 bits per heavy atom. The van der Waals surface area contributed by atoms with Gasteiger partial charge in [-0.3, -0.25) is 0 Å². The van der Waals surface area contributed by atoms with Crippen molar-refractivity contribution >= 4 is 6.09 Å². The number of carbonyl (C=O) groups is 1. The van der Waals surface area contributed by atoms with E-state index in [2.05, 4.69) is 10.6 Å². The van der Waals surface area contributed by atoms with Gasteiger partial charge < -0.3 is 25.3 Å². The molecule has 0 spiro atoms. The summed E-state index contributed by atoms with van der Waals surface area (Å²) in [6, 6.07) is 5.48. The first-order chi connectivity index (χ1) is 11.4. The van der Waals surface area contributed by atoms with Gasteiger partial charge in [-0.1, -0.05) is 0 Å². The summed E-state index contributed by atoms with van der Waals surface area (Å²) in [5.74, 6) is -0.855. The van der Waals surface area contributed by atoms with Crippen LogP contribution in [0.1, 0.15) is 11.3 Å². The highest BCUT2D eigenvalue weighted by atomic mass is 19.1. The van der Waals surface area contributed by atoms with Crippen molar-refractivity contribution in [1.82, 2.24) is 10.6 Å². The summed E-state index contributed by atoms with van der Waals surface area (Å²) in [6.45, 7) is 0.432. The van der Waals surface area contributed by atoms with E-state index in [1.165, 1.54) is 6.26 Å². The molecule has 0 bridgehead atoms. The van der Waals surface area contributed by atoms with Crippen LogP contribution < -0.4 is 10.6 Å². The fourth-order valence-corrected chi connectivity index (χ4v) is 2.32. The second kappa shape index (κ2) is 8.42. The van der Waals surface area contributed by atoms with E-state index in [0.717, 1.165) is 18.2 Å². The Labute approximate surface area is 137 Å². The molecule has 1 heterocycles. The monoisotopic (exact) mass is 340 g/mol. The Morgan fingerprint density at radius 2 is 1.96 bits per heavy atom. The van der Waals surface area contributed by atoms with Gasteiger partial charge in [0, 0.05) is 12.6 Å². The summed E-state index contributed by atoms with van der Waals surface area (Å²) in [5.41, 5.74) is 0.247. The lowest BCUT2D eigenvalue weighted by atomic mass is 10.0. The van der Waals surface area contributed by atoms with Gasteiger partial charge in [0.1, 0.15) is 17.4 Å². The molecule has 0 radical (unpaired) electrons. The molecular formula is C16H18F2N2O4. The van der Waals surface area contributed by atoms with Crippen molar-refractivity contribution < 1.29 is 28.2 Å². The Morgan fingerprint density at radius 3 is 2.54 bits per heavy atom. The van der Waals surface area contributed by atoms with Crippen LogP contribution in [0, 0.1) is 11.6 Å². The maximum Gasteiger partial charge on any atom is 0.404 e. The second-order valence-electron chi connectivity index (χ2n) is 5.32. The first kappa shape index (κ1) is 17.9. The Balaban J connectivity index is 1.96. The van der Waals surface area contributed by atoms with Crippen LogP contribution in [0.4, 0.5) is 13.6 Å². The lowest BCUT2D eigenvalue weighted by Crippen LogP contribution is -2.48. The first-order valence-electron chi connectivity index (χ1n) is 7.29. The quantitative estimate of drug-likeness (QED) is 0.589. The molecule has 2 rings (SSSR count). The Hall–Kier alpha value is -2.45. The molecule has 1 aromatic heterocycles. The maximum absolute atomic E-state index is 13.2. The normalized spacial score (nSPS) is 13.5. The van der Waals surface area contributed by atoms with Crippen LogP contribution in [0.2, 0.25) is 0 Å². The predicted molar refractivity (Wildman–Crippen MR) is 81.4 cm³/mol. The number of amides is 1. The fraction of sp³-hybridized carbons (Fsp3) is 0.312. The van der Waals surface area contributed by atoms with Crippen molar-refractivity contribution in [2.24, 2.45) is 0 Å². The number of benzene rings is 1. The maximum atomic E-state index is 13.2. The molecule has 130 valence electrons. The topological polar surface area (TPSA) is 94.7 Å². The number of rotatable bonds is 8. The van der Waals surface area contributed by atoms with Gasteiger partial charge in [-0.2, -0.15) is 0 Å². The number of nitrogens with one attached hydrogen (secondary N) is 2. The number of aliphatic hydroxyl groups excluding tert-OH is 1. The molecular weight excluding hydrogens is 322 g/mol. The largest absolute Gasteiger partial charge is 0.468 e. The number of hydrogen-bond donors (Lipinski definition) is 4. The standard InChI is InChI=1S/C16H18F2N2O4/c17-11-4-10(5-12(18)7-11)6-14(20-16(22)23)15(21)9-19-8-13-2-1-3-24-13/h1-5,7,14-15,19-21H,6,8-9H2,(H,22,23)/t14-,15+/m0/s1. The fourth-order valence-electron chi connectivity index (χ4n) is 2.32. The van der Waals surface area contributed by atoms with Crippen molar-refractivity contribution in [3.05, 3.63) is 59.6 Å². The number of halogens is 2. The molecule has 2 aromatic rings. The molecule has 24 heavy (non-hydrogen) atoms. The summed E-state index contributed by atoms with van der Waals surface area (Å²) in [6.07, 6.45) is -0.963. The zero-order valence-corrected chi connectivity index (χ0v) is 12.7. The highest BCUT2D eigenvalue weighted by molar-refractivity contribution is 5.65. The third-order valence-corrected chi connectivity index (χ3v) is 3.38. The minimum atomic E-state index is -1.33. The van der Waals surface area contributed by atoms with Crippen molar-refractivity contribution in [3.63, 3.8) is 0 Å². The molecule has 4 N–H and O–H groups in total. The molecule has 0 saturated heterocycles. The van der Waals surface area contributed by atoms with E-state index in [1.54, 1.807) is 12.1 Å². The van der Waals surface area contributed by atoms with Crippen LogP contribution >= 0.6 is 0 Å². The van der Waals surface area contributed by atoms with Crippen LogP contribution in [0.5, 0.6) is 0 Å². The van der Waals surface area contributed by atoms with Crippen LogP contribution in [0.25, 0.3) is 0 Å². The number of hydrogen-bond acceptors (Lipinski definition) is 4. The van der Waals surface area contributed by atoms with Gasteiger partial charge >= 0.3 is 6.09 Å². The summed E-state index contributed by atoms with van der Waals surface area (Å²) < 4.78 is 31.6. The van der Waals surface area contributed by atoms with E-state index >= 15 is 0 Å². The van der Waals surface area contributed by atoms with Gasteiger partial charge in [-0.25, -0.2) is 13.6 Å². The molecule has 8 heteroatoms. The van der Waals surface area contributed by atoms with Gasteiger partial charge in [0.05, 0.1) is 25.0 Å². The number of carboxylic acid groups (broad SMARTS) is 1. The third kappa shape index (κ3) is 5.64. The van der Waals surface area contributed by atoms with E-state index in [0.29, 0.717) is 12.3 Å². The molecule has 1 aromatic carbocycles. The smallest absolute Gasteiger partial charge is 0.404 e. The van der Waals surface area contributed by atoms with Crippen LogP contribution in [0.3, 0.4) is 0 Å². The average molecular weight is 340 g/mol. The minimum absolute atomic E-state index is 0.0510. The van der Waals surface area contributed by atoms with Gasteiger partial charge in [-0.05, 0) is 36.2 Å². The van der Waals surface area contributed by atoms with Crippen molar-refractivity contribution in [3.8, 4) is 0 Å². The molecule has 6 nitrogen and oxygen atoms in total. The predicted octanol–water partition coefficient (Wildman–Crippen LogP) is 1.89. The van der Waals surface area contributed by atoms with E-state index in [1.807, 2.05) is 0 Å². The highest BCUT2D eigenvalue weighted by Gasteiger charge is 2.22. The van der Waals surface area contributed by atoms with Gasteiger partial charge in [0.2, 0.25) is 0 Å². The first-order valence-corrected chi connectivity index (χ1v) is 7.29. The summed E-state index contributed by atoms with van der Waals surface area (Å²) in [5, 5.41) is 24.2. The molecule has 0 unspecified atom stereocenters. The average Bonchev–Trinajstić information content (AvgIpc) is 2.98. The van der Waals surface area contributed by atoms with Gasteiger partial charge in [-0.15, -0.1) is 0 Å². The van der Waals surface area contributed by atoms with Crippen molar-refractivity contribution in [2.75, 3.05) is 6.54 Å². The minimum Gasteiger partial charge on any atom is -0.468 e. The van der Waals surface area contributed by atoms with E-state index in [9.17, 15) is 18.7 Å². The molecule has 2 atom stereocenters. The van der Waals surface area contributed by atoms with Crippen LogP contribution in [0.15, 0.2) is 41.0 Å². The Bertz CT molecular complexity index is 644. The van der Waals surface area contributed by atoms with Crippen LogP contribution in [-0.2, 0) is 13.0 Å². The SMILES string of the molecule is O=C(O)N[C@@H](Cc1cc(F)cc(F)c1)[C@H](O)CNCc1ccco1. The highest BCUT2D eigenvalue weighted by Crippen LogP contribution is 2.12. The summed E-state index contributed by atoms with van der Waals surface area (Å²) in [4.78, 5) is 10.9. The lowest BCUT2D eigenvalue weighted by molar-refractivity contribution is 0.117. The molecule has 0 fully saturated rings. The van der Waals surface area contributed by atoms with Crippen molar-refractivity contribution in [2.45, 2.75) is 25.1 Å². The molecule has 0 saturated carbocycles. The zero-order valence-electron chi connectivity index (χ0n) is 12.7. The van der Waals surface area contributed by atoms with E-state index in [4.69, 9.17) is 9.52 Å². The molecule has 0 aliphatic carbocycles. The third-order valence-electron chi connectivity index (χ3n) is 3.38. The zero-order chi connectivity index (χ0) is 17.5. The molecule has 1 amide bonds. The Kier molecular flexibility index (Phi) is 6.28. The van der Waals surface area contributed by atoms with E-state index in [-0.39, 0.29) is 18.5 Å². The summed E-state index contributed by atoms with van der Waals surface area (Å²) in [7, 11) is 0. The summed E-state index contributed by atoms with van der Waals surface area (Å²) >= 11 is 0. The number of furan rings is 1. The second-order valence-corrected chi connectivity index (χ2v) is 5.32. The lowest BCUT2D eigenvalue weighted by Gasteiger charge is -2.23. The van der Waals surface area contributed by atoms with Crippen molar-refractivity contribution in [1.29, 1.82) is 0 Å². The van der Waals surface area contributed by atoms with Gasteiger partial charge in [0.15, 0.2) is 0 Å². The molecule has 0 aliphatic heterocycles. The van der Waals surface area contributed by atoms with E-state index < -0.39 is 29.9 Å². The number of aliphatic hydroxyl groups is 1. The van der Waals surface area contributed by atoms with Gasteiger partial charge in [0.25, 0.3) is 0 Å². The van der Waals surface area contributed by atoms with Crippen LogP contribution in [-0.4, -0.2) is 35.0 Å². The molecule has 0 aliphatic rings.